The average Bonchev–Trinajstić information content (AvgIpc) is 1.63. The molecule has 0 aromatic carbocycles. The molecule has 0 spiro atoms. The van der Waals surface area contributed by atoms with Gasteiger partial charge in [-0.25, -0.2) is 4.62 Å². The number of aliphatic hydroxyl groups excluding tert-OH is 1. The summed E-state index contributed by atoms with van der Waals surface area (Å²) in [5.74, 6) is 0. The largest absolute Gasteiger partial charge is 0.395 e. The van der Waals surface area contributed by atoms with Gasteiger partial charge in [-0.1, -0.05) is 0 Å². The Morgan fingerprint density at radius 1 is 1.78 bits per heavy atom. The van der Waals surface area contributed by atoms with Crippen LogP contribution in [0.1, 0.15) is 0 Å². The average molecular weight is 155 g/mol. The molecule has 0 saturated carbocycles. The molecule has 3 N–H and O–H groups in total. The Morgan fingerprint density at radius 3 is 2.67 bits per heavy atom. The van der Waals surface area contributed by atoms with Crippen molar-refractivity contribution < 1.29 is 19.2 Å². The van der Waals surface area contributed by atoms with Gasteiger partial charge in [-0.05, 0) is 0 Å². The minimum Gasteiger partial charge on any atom is -0.395 e. The van der Waals surface area contributed by atoms with Crippen LogP contribution in [0.25, 0.3) is 0 Å². The van der Waals surface area contributed by atoms with Crippen LogP contribution in [0.3, 0.4) is 0 Å². The van der Waals surface area contributed by atoms with Crippen molar-refractivity contribution in [3.05, 3.63) is 0 Å². The predicted molar refractivity (Wildman–Crippen MR) is 31.9 cm³/mol. The molecule has 0 saturated heterocycles. The van der Waals surface area contributed by atoms with Crippen molar-refractivity contribution in [3.8, 4) is 0 Å². The summed E-state index contributed by atoms with van der Waals surface area (Å²) >= 11 is 0. The summed E-state index contributed by atoms with van der Waals surface area (Å²) in [7, 11) is -3.42. The van der Waals surface area contributed by atoms with Gasteiger partial charge >= 0.3 is 7.60 Å². The van der Waals surface area contributed by atoms with E-state index >= 15 is 0 Å². The van der Waals surface area contributed by atoms with E-state index in [2.05, 4.69) is 10.1 Å². The van der Waals surface area contributed by atoms with Gasteiger partial charge in [0.1, 0.15) is 0 Å². The minimum atomic E-state index is -3.42. The molecule has 1 unspecified atom stereocenters. The zero-order chi connectivity index (χ0) is 7.33. The van der Waals surface area contributed by atoms with Gasteiger partial charge in [-0.15, -0.1) is 0 Å². The van der Waals surface area contributed by atoms with Crippen molar-refractivity contribution in [2.24, 2.45) is 0 Å². The summed E-state index contributed by atoms with van der Waals surface area (Å²) < 4.78 is 14.4. The Kier molecular flexibility index (Phi) is 4.01. The Labute approximate surface area is 53.1 Å². The van der Waals surface area contributed by atoms with Gasteiger partial charge in [0.15, 0.2) is 0 Å². The molecule has 0 fully saturated rings. The van der Waals surface area contributed by atoms with Gasteiger partial charge in [-0.2, -0.15) is 5.48 Å². The van der Waals surface area contributed by atoms with E-state index in [9.17, 15) is 4.57 Å². The van der Waals surface area contributed by atoms with Crippen molar-refractivity contribution >= 4 is 7.60 Å². The van der Waals surface area contributed by atoms with E-state index in [0.29, 0.717) is 0 Å². The van der Waals surface area contributed by atoms with Crippen LogP contribution in [0.4, 0.5) is 0 Å². The number of hydroxylamine groups is 1. The lowest BCUT2D eigenvalue weighted by molar-refractivity contribution is 0.146. The maximum absolute atomic E-state index is 10.3. The fourth-order valence-corrected chi connectivity index (χ4v) is 0.542. The van der Waals surface area contributed by atoms with E-state index in [1.165, 1.54) is 0 Å². The van der Waals surface area contributed by atoms with Crippen molar-refractivity contribution in [2.45, 2.75) is 0 Å². The fourth-order valence-electron chi connectivity index (χ4n) is 0.211. The summed E-state index contributed by atoms with van der Waals surface area (Å²) in [4.78, 5) is 8.43. The maximum atomic E-state index is 10.3. The molecular weight excluding hydrogens is 145 g/mol. The first-order valence-electron chi connectivity index (χ1n) is 2.39. The van der Waals surface area contributed by atoms with Gasteiger partial charge in [-0.3, -0.25) is 4.57 Å². The third-order valence-electron chi connectivity index (χ3n) is 0.448. The second-order valence-corrected chi connectivity index (χ2v) is 3.30. The lowest BCUT2D eigenvalue weighted by atomic mass is 10.8. The summed E-state index contributed by atoms with van der Waals surface area (Å²) in [5, 5.41) is 8.15. The van der Waals surface area contributed by atoms with E-state index < -0.39 is 7.60 Å². The normalized spacial score (nSPS) is 17.2. The van der Waals surface area contributed by atoms with E-state index in [1.807, 2.05) is 0 Å². The monoisotopic (exact) mass is 155 g/mol. The molecule has 0 aromatic heterocycles. The van der Waals surface area contributed by atoms with Crippen LogP contribution in [0, 0.1) is 0 Å². The molecule has 0 rings (SSSR count). The van der Waals surface area contributed by atoms with Crippen LogP contribution in [-0.2, 0) is 9.19 Å². The highest BCUT2D eigenvalue weighted by Gasteiger charge is 2.08. The Balaban J connectivity index is 3.18. The highest BCUT2D eigenvalue weighted by molar-refractivity contribution is 7.51. The van der Waals surface area contributed by atoms with Gasteiger partial charge < -0.3 is 10.00 Å². The van der Waals surface area contributed by atoms with E-state index in [-0.39, 0.29) is 13.2 Å². The topological polar surface area (TPSA) is 78.8 Å². The van der Waals surface area contributed by atoms with Gasteiger partial charge in [0.05, 0.1) is 6.61 Å². The number of hydrogen-bond donors (Lipinski definition) is 3. The first kappa shape index (κ1) is 9.07. The second kappa shape index (κ2) is 3.98. The van der Waals surface area contributed by atoms with Crippen LogP contribution < -0.4 is 5.48 Å². The SMILES string of the molecule is CP(=O)(O)ONCCO. The molecule has 56 valence electrons. The molecule has 0 aliphatic rings. The molecule has 5 nitrogen and oxygen atoms in total. The van der Waals surface area contributed by atoms with Crippen molar-refractivity contribution in [2.75, 3.05) is 19.8 Å². The zero-order valence-electron chi connectivity index (χ0n) is 5.07. The molecule has 0 bridgehead atoms. The van der Waals surface area contributed by atoms with Crippen molar-refractivity contribution in [3.63, 3.8) is 0 Å². The van der Waals surface area contributed by atoms with Gasteiger partial charge in [0, 0.05) is 13.2 Å². The number of rotatable bonds is 4. The van der Waals surface area contributed by atoms with E-state index in [0.717, 1.165) is 6.66 Å². The lowest BCUT2D eigenvalue weighted by Crippen LogP contribution is -2.16. The minimum absolute atomic E-state index is 0.125. The van der Waals surface area contributed by atoms with Gasteiger partial charge in [0.2, 0.25) is 0 Å². The summed E-state index contributed by atoms with van der Waals surface area (Å²) in [6.07, 6.45) is 0. The lowest BCUT2D eigenvalue weighted by Gasteiger charge is -2.04. The zero-order valence-corrected chi connectivity index (χ0v) is 5.97. The van der Waals surface area contributed by atoms with Crippen molar-refractivity contribution in [1.82, 2.24) is 5.48 Å². The predicted octanol–water partition coefficient (Wildman–Crippen LogP) is -0.685. The molecule has 0 aromatic rings. The summed E-state index contributed by atoms with van der Waals surface area (Å²) in [6.45, 7) is 1.08. The molecule has 0 radical (unpaired) electrons. The van der Waals surface area contributed by atoms with E-state index in [4.69, 9.17) is 10.00 Å². The third kappa shape index (κ3) is 8.07. The quantitative estimate of drug-likeness (QED) is 0.284. The van der Waals surface area contributed by atoms with Crippen LogP contribution in [0.5, 0.6) is 0 Å². The standard InChI is InChI=1S/C3H10NO4P/c1-9(6,7)8-4-2-3-5/h4-5H,2-3H2,1H3,(H,6,7). The Morgan fingerprint density at radius 2 is 2.33 bits per heavy atom. The highest BCUT2D eigenvalue weighted by atomic mass is 31.2. The molecule has 9 heavy (non-hydrogen) atoms. The smallest absolute Gasteiger partial charge is 0.341 e. The molecular formula is C3H10NO4P. The molecule has 0 aliphatic carbocycles. The van der Waals surface area contributed by atoms with Crippen LogP contribution >= 0.6 is 7.60 Å². The third-order valence-corrected chi connectivity index (χ3v) is 0.916. The Bertz CT molecular complexity index is 110. The first-order valence-corrected chi connectivity index (χ1v) is 4.41. The molecule has 0 amide bonds. The summed E-state index contributed by atoms with van der Waals surface area (Å²) in [6, 6.07) is 0. The second-order valence-electron chi connectivity index (χ2n) is 1.51. The van der Waals surface area contributed by atoms with Crippen LogP contribution in [0.15, 0.2) is 0 Å². The molecule has 1 atom stereocenters. The molecule has 0 aliphatic heterocycles. The first-order chi connectivity index (χ1) is 4.06. The highest BCUT2D eigenvalue weighted by Crippen LogP contribution is 2.34. The summed E-state index contributed by atoms with van der Waals surface area (Å²) in [5.41, 5.74) is 2.11. The number of hydrogen-bond acceptors (Lipinski definition) is 4. The number of aliphatic hydroxyl groups is 1. The maximum Gasteiger partial charge on any atom is 0.341 e. The van der Waals surface area contributed by atoms with E-state index in [1.54, 1.807) is 0 Å². The fraction of sp³-hybridized carbons (Fsp3) is 1.00. The van der Waals surface area contributed by atoms with Gasteiger partial charge in [0.25, 0.3) is 0 Å². The van der Waals surface area contributed by atoms with Crippen molar-refractivity contribution in [1.29, 1.82) is 0 Å². The molecule has 6 heteroatoms. The molecule has 0 heterocycles. The Hall–Kier alpha value is 0.0700. The number of nitrogens with one attached hydrogen (secondary N) is 1. The van der Waals surface area contributed by atoms with Crippen LogP contribution in [-0.4, -0.2) is 29.8 Å². The van der Waals surface area contributed by atoms with Crippen LogP contribution in [0.2, 0.25) is 0 Å².